The van der Waals surface area contributed by atoms with Crippen LogP contribution >= 0.6 is 23.2 Å². The highest BCUT2D eigenvalue weighted by molar-refractivity contribution is 7.90. The Balaban J connectivity index is 1.88. The van der Waals surface area contributed by atoms with E-state index in [1.165, 1.54) is 0 Å². The molecule has 3 nitrogen and oxygen atoms in total. The molecule has 2 aromatic carbocycles. The molecular weight excluding hydrogens is 365 g/mol. The fourth-order valence-electron chi connectivity index (χ4n) is 2.86. The van der Waals surface area contributed by atoms with Crippen LogP contribution in [-0.2, 0) is 21.6 Å². The lowest BCUT2D eigenvalue weighted by Gasteiger charge is -2.22. The van der Waals surface area contributed by atoms with Gasteiger partial charge in [-0.15, -0.1) is 0 Å². The van der Waals surface area contributed by atoms with Crippen molar-refractivity contribution in [3.63, 3.8) is 0 Å². The third-order valence-electron chi connectivity index (χ3n) is 4.15. The molecule has 1 aliphatic rings. The molecule has 0 bridgehead atoms. The topological polar surface area (TPSA) is 44.6 Å². The molecule has 2 aromatic rings. The first kappa shape index (κ1) is 17.6. The second-order valence-corrected chi connectivity index (χ2v) is 8.35. The average molecular weight is 382 g/mol. The van der Waals surface area contributed by atoms with Gasteiger partial charge < -0.3 is 9.39 Å². The number of nitrogens with zero attached hydrogens (tertiary/aromatic N) is 1. The van der Waals surface area contributed by atoms with Crippen LogP contribution in [0.25, 0.3) is 0 Å². The Morgan fingerprint density at radius 1 is 1.17 bits per heavy atom. The minimum Gasteiger partial charge on any atom is -0.612 e. The molecule has 0 spiro atoms. The van der Waals surface area contributed by atoms with Crippen LogP contribution in [-0.4, -0.2) is 16.5 Å². The third kappa shape index (κ3) is 3.42. The van der Waals surface area contributed by atoms with Crippen molar-refractivity contribution < 1.29 is 9.39 Å². The minimum atomic E-state index is -1.00. The Morgan fingerprint density at radius 3 is 2.42 bits per heavy atom. The van der Waals surface area contributed by atoms with E-state index in [-0.39, 0.29) is 0 Å². The molecule has 0 saturated carbocycles. The number of benzene rings is 2. The Kier molecular flexibility index (Phi) is 4.85. The first-order valence-corrected chi connectivity index (χ1v) is 9.76. The van der Waals surface area contributed by atoms with Gasteiger partial charge >= 0.3 is 0 Å². The summed E-state index contributed by atoms with van der Waals surface area (Å²) in [4.78, 5) is 6.57. The molecule has 1 aliphatic heterocycles. The molecule has 0 radical (unpaired) electrons. The average Bonchev–Trinajstić information content (AvgIpc) is 2.90. The van der Waals surface area contributed by atoms with Gasteiger partial charge in [0.25, 0.3) is 0 Å². The van der Waals surface area contributed by atoms with E-state index in [0.29, 0.717) is 16.5 Å². The number of halogens is 2. The standard InChI is InChI=1S/C18H17Cl2NO2S/c1-11-6-12(4-5-17(11)24(3)22)16-10-18(2,23-21-16)13-7-14(19)9-15(20)8-13/h4-9H,10H2,1-3H3. The van der Waals surface area contributed by atoms with Gasteiger partial charge in [-0.05, 0) is 61.4 Å². The summed E-state index contributed by atoms with van der Waals surface area (Å²) in [5.74, 6) is 0. The molecule has 2 atom stereocenters. The highest BCUT2D eigenvalue weighted by Crippen LogP contribution is 2.38. The lowest BCUT2D eigenvalue weighted by Crippen LogP contribution is -2.22. The van der Waals surface area contributed by atoms with Crippen LogP contribution in [0.5, 0.6) is 0 Å². The third-order valence-corrected chi connectivity index (χ3v) is 5.67. The van der Waals surface area contributed by atoms with E-state index < -0.39 is 16.8 Å². The van der Waals surface area contributed by atoms with Crippen LogP contribution in [0.3, 0.4) is 0 Å². The quantitative estimate of drug-likeness (QED) is 0.695. The number of hydrogen-bond donors (Lipinski definition) is 0. The van der Waals surface area contributed by atoms with Crippen LogP contribution in [0, 0.1) is 6.92 Å². The minimum absolute atomic E-state index is 0.571. The van der Waals surface area contributed by atoms with E-state index in [1.54, 1.807) is 12.3 Å². The fraction of sp³-hybridized carbons (Fsp3) is 0.278. The van der Waals surface area contributed by atoms with Gasteiger partial charge in [0.1, 0.15) is 6.26 Å². The number of aryl methyl sites for hydroxylation is 1. The van der Waals surface area contributed by atoms with Crippen molar-refractivity contribution in [2.75, 3.05) is 6.26 Å². The first-order valence-electron chi connectivity index (χ1n) is 7.44. The summed E-state index contributed by atoms with van der Waals surface area (Å²) in [6.45, 7) is 3.92. The summed E-state index contributed by atoms with van der Waals surface area (Å²) in [5, 5.41) is 5.41. The van der Waals surface area contributed by atoms with Crippen LogP contribution in [0.1, 0.15) is 30.0 Å². The molecule has 1 heterocycles. The molecule has 0 fully saturated rings. The zero-order chi connectivity index (χ0) is 17.5. The fourth-order valence-corrected chi connectivity index (χ4v) is 4.16. The maximum absolute atomic E-state index is 11.7. The van der Waals surface area contributed by atoms with Crippen LogP contribution in [0.15, 0.2) is 46.4 Å². The SMILES string of the molecule is Cc1cc(C2=NOC(C)(c3cc(Cl)cc(Cl)c3)C2)ccc1[S+](C)[O-]. The Labute approximate surface area is 154 Å². The smallest absolute Gasteiger partial charge is 0.165 e. The highest BCUT2D eigenvalue weighted by atomic mass is 35.5. The van der Waals surface area contributed by atoms with Gasteiger partial charge in [0.2, 0.25) is 0 Å². The van der Waals surface area contributed by atoms with Crippen molar-refractivity contribution in [1.82, 2.24) is 0 Å². The van der Waals surface area contributed by atoms with E-state index >= 15 is 0 Å². The summed E-state index contributed by atoms with van der Waals surface area (Å²) in [6.07, 6.45) is 2.29. The van der Waals surface area contributed by atoms with Gasteiger partial charge in [-0.3, -0.25) is 0 Å². The molecular formula is C18H17Cl2NO2S. The van der Waals surface area contributed by atoms with Gasteiger partial charge in [-0.1, -0.05) is 28.4 Å². The van der Waals surface area contributed by atoms with E-state index in [0.717, 1.165) is 27.3 Å². The lowest BCUT2D eigenvalue weighted by molar-refractivity contribution is -0.00737. The molecule has 126 valence electrons. The van der Waals surface area contributed by atoms with Crippen molar-refractivity contribution in [2.24, 2.45) is 5.16 Å². The Morgan fingerprint density at radius 2 is 1.83 bits per heavy atom. The number of oxime groups is 1. The molecule has 0 aromatic heterocycles. The second-order valence-electron chi connectivity index (χ2n) is 6.13. The zero-order valence-corrected chi connectivity index (χ0v) is 15.9. The maximum atomic E-state index is 11.7. The van der Waals surface area contributed by atoms with Crippen molar-refractivity contribution in [3.05, 3.63) is 63.1 Å². The molecule has 6 heteroatoms. The Bertz CT molecular complexity index is 802. The van der Waals surface area contributed by atoms with Crippen molar-refractivity contribution in [2.45, 2.75) is 30.8 Å². The van der Waals surface area contributed by atoms with E-state index in [4.69, 9.17) is 28.0 Å². The maximum Gasteiger partial charge on any atom is 0.165 e. The van der Waals surface area contributed by atoms with Crippen LogP contribution in [0.2, 0.25) is 10.0 Å². The molecule has 3 rings (SSSR count). The molecule has 2 unspecified atom stereocenters. The van der Waals surface area contributed by atoms with Gasteiger partial charge in [0, 0.05) is 33.2 Å². The van der Waals surface area contributed by atoms with Crippen molar-refractivity contribution in [3.8, 4) is 0 Å². The van der Waals surface area contributed by atoms with E-state index in [2.05, 4.69) is 5.16 Å². The lowest BCUT2D eigenvalue weighted by atomic mass is 9.89. The van der Waals surface area contributed by atoms with Crippen molar-refractivity contribution in [1.29, 1.82) is 0 Å². The molecule has 0 N–H and O–H groups in total. The zero-order valence-electron chi connectivity index (χ0n) is 13.6. The van der Waals surface area contributed by atoms with E-state index in [9.17, 15) is 4.55 Å². The largest absolute Gasteiger partial charge is 0.612 e. The Hall–Kier alpha value is -1.20. The molecule has 0 amide bonds. The summed E-state index contributed by atoms with van der Waals surface area (Å²) in [6, 6.07) is 11.2. The summed E-state index contributed by atoms with van der Waals surface area (Å²) >= 11 is 11.2. The number of hydrogen-bond acceptors (Lipinski definition) is 3. The van der Waals surface area contributed by atoms with Crippen LogP contribution in [0.4, 0.5) is 0 Å². The predicted molar refractivity (Wildman–Crippen MR) is 99.6 cm³/mol. The van der Waals surface area contributed by atoms with Gasteiger partial charge in [-0.2, -0.15) is 0 Å². The monoisotopic (exact) mass is 381 g/mol. The molecule has 0 saturated heterocycles. The van der Waals surface area contributed by atoms with E-state index in [1.807, 2.05) is 44.2 Å². The summed E-state index contributed by atoms with van der Waals surface area (Å²) < 4.78 is 11.7. The van der Waals surface area contributed by atoms with Gasteiger partial charge in [0.15, 0.2) is 10.5 Å². The van der Waals surface area contributed by atoms with Crippen LogP contribution < -0.4 is 0 Å². The molecule has 24 heavy (non-hydrogen) atoms. The summed E-state index contributed by atoms with van der Waals surface area (Å²) in [5.41, 5.74) is 3.09. The van der Waals surface area contributed by atoms with Gasteiger partial charge in [-0.25, -0.2) is 0 Å². The highest BCUT2D eigenvalue weighted by Gasteiger charge is 2.37. The normalized spacial score (nSPS) is 21.3. The number of rotatable bonds is 3. The first-order chi connectivity index (χ1) is 11.3. The second kappa shape index (κ2) is 6.60. The molecule has 0 aliphatic carbocycles. The summed E-state index contributed by atoms with van der Waals surface area (Å²) in [7, 11) is 0. The predicted octanol–water partition coefficient (Wildman–Crippen LogP) is 5.08. The van der Waals surface area contributed by atoms with Crippen molar-refractivity contribution >= 4 is 40.1 Å². The van der Waals surface area contributed by atoms with Gasteiger partial charge in [0.05, 0.1) is 5.71 Å².